The molecule has 2 heteroatoms. The van der Waals surface area contributed by atoms with Gasteiger partial charge >= 0.3 is 0 Å². The molecule has 0 radical (unpaired) electrons. The Morgan fingerprint density at radius 1 is 1.56 bits per heavy atom. The predicted molar refractivity (Wildman–Crippen MR) is 36.1 cm³/mol. The van der Waals surface area contributed by atoms with Crippen molar-refractivity contribution in [3.8, 4) is 0 Å². The summed E-state index contributed by atoms with van der Waals surface area (Å²) in [7, 11) is 0. The van der Waals surface area contributed by atoms with Crippen molar-refractivity contribution in [2.75, 3.05) is 0 Å². The Morgan fingerprint density at radius 3 is 2.78 bits per heavy atom. The Labute approximate surface area is 54.9 Å². The van der Waals surface area contributed by atoms with Crippen LogP contribution in [-0.4, -0.2) is 10.2 Å². The third-order valence-corrected chi connectivity index (χ3v) is 1.24. The smallest absolute Gasteiger partial charge is 0.0602 e. The van der Waals surface area contributed by atoms with Crippen molar-refractivity contribution in [1.29, 1.82) is 0 Å². The summed E-state index contributed by atoms with van der Waals surface area (Å²) in [5, 5.41) is 7.64. The summed E-state index contributed by atoms with van der Waals surface area (Å²) in [5.41, 5.74) is 2.25. The summed E-state index contributed by atoms with van der Waals surface area (Å²) >= 11 is 0. The van der Waals surface area contributed by atoms with Crippen LogP contribution in [0.15, 0.2) is 12.3 Å². The monoisotopic (exact) mass is 122 g/mol. The second-order valence-corrected chi connectivity index (χ2v) is 2.06. The molecule has 0 aromatic carbocycles. The van der Waals surface area contributed by atoms with Crippen LogP contribution < -0.4 is 0 Å². The number of hydrogen-bond donors (Lipinski definition) is 0. The number of aryl methyl sites for hydroxylation is 2. The van der Waals surface area contributed by atoms with Crippen molar-refractivity contribution in [2.24, 2.45) is 0 Å². The summed E-state index contributed by atoms with van der Waals surface area (Å²) in [6, 6.07) is 2.05. The van der Waals surface area contributed by atoms with Gasteiger partial charge in [-0.1, -0.05) is 6.92 Å². The standard InChI is InChI=1S/C7H10N2/c1-3-7-4-6(2)9-8-5-7/h4-5H,3H2,1-2H3. The number of rotatable bonds is 1. The van der Waals surface area contributed by atoms with Gasteiger partial charge in [0.15, 0.2) is 0 Å². The summed E-state index contributed by atoms with van der Waals surface area (Å²) in [6.45, 7) is 4.06. The fourth-order valence-electron chi connectivity index (χ4n) is 0.722. The molecular formula is C7H10N2. The second kappa shape index (κ2) is 2.58. The molecule has 0 aliphatic carbocycles. The molecule has 1 aromatic heterocycles. The highest BCUT2D eigenvalue weighted by Gasteiger charge is 1.88. The molecule has 48 valence electrons. The Hall–Kier alpha value is -0.920. The van der Waals surface area contributed by atoms with Gasteiger partial charge in [-0.15, -0.1) is 0 Å². The largest absolute Gasteiger partial charge is 0.159 e. The second-order valence-electron chi connectivity index (χ2n) is 2.06. The fourth-order valence-corrected chi connectivity index (χ4v) is 0.722. The van der Waals surface area contributed by atoms with Crippen molar-refractivity contribution >= 4 is 0 Å². The molecule has 0 saturated carbocycles. The van der Waals surface area contributed by atoms with E-state index >= 15 is 0 Å². The van der Waals surface area contributed by atoms with Crippen LogP contribution in [0.2, 0.25) is 0 Å². The highest BCUT2D eigenvalue weighted by atomic mass is 15.1. The molecule has 0 bridgehead atoms. The SMILES string of the molecule is CCc1cnnc(C)c1. The highest BCUT2D eigenvalue weighted by Crippen LogP contribution is 1.97. The van der Waals surface area contributed by atoms with Crippen LogP contribution in [0.3, 0.4) is 0 Å². The quantitative estimate of drug-likeness (QED) is 0.562. The first kappa shape index (κ1) is 6.20. The highest BCUT2D eigenvalue weighted by molar-refractivity contribution is 5.10. The molecular weight excluding hydrogens is 112 g/mol. The average Bonchev–Trinajstić information content (AvgIpc) is 1.88. The van der Waals surface area contributed by atoms with E-state index in [2.05, 4.69) is 17.1 Å². The lowest BCUT2D eigenvalue weighted by Crippen LogP contribution is -1.88. The zero-order valence-corrected chi connectivity index (χ0v) is 5.76. The van der Waals surface area contributed by atoms with Gasteiger partial charge in [0.25, 0.3) is 0 Å². The Kier molecular flexibility index (Phi) is 1.78. The molecule has 0 N–H and O–H groups in total. The van der Waals surface area contributed by atoms with Crippen LogP contribution in [-0.2, 0) is 6.42 Å². The van der Waals surface area contributed by atoms with Crippen LogP contribution in [0.4, 0.5) is 0 Å². The molecule has 0 spiro atoms. The van der Waals surface area contributed by atoms with Crippen molar-refractivity contribution in [3.63, 3.8) is 0 Å². The zero-order valence-electron chi connectivity index (χ0n) is 5.76. The van der Waals surface area contributed by atoms with Crippen LogP contribution in [0.5, 0.6) is 0 Å². The van der Waals surface area contributed by atoms with E-state index in [0.29, 0.717) is 0 Å². The fraction of sp³-hybridized carbons (Fsp3) is 0.429. The van der Waals surface area contributed by atoms with Gasteiger partial charge in [-0.2, -0.15) is 10.2 Å². The summed E-state index contributed by atoms with van der Waals surface area (Å²) in [5.74, 6) is 0. The Balaban J connectivity index is 2.94. The molecule has 1 heterocycles. The lowest BCUT2D eigenvalue weighted by Gasteiger charge is -1.93. The lowest BCUT2D eigenvalue weighted by molar-refractivity contribution is 0.943. The van der Waals surface area contributed by atoms with Crippen LogP contribution in [0.25, 0.3) is 0 Å². The van der Waals surface area contributed by atoms with E-state index < -0.39 is 0 Å². The first-order valence-electron chi connectivity index (χ1n) is 3.11. The third-order valence-electron chi connectivity index (χ3n) is 1.24. The van der Waals surface area contributed by atoms with E-state index in [-0.39, 0.29) is 0 Å². The van der Waals surface area contributed by atoms with E-state index in [4.69, 9.17) is 0 Å². The van der Waals surface area contributed by atoms with E-state index in [1.807, 2.05) is 13.0 Å². The number of nitrogens with zero attached hydrogens (tertiary/aromatic N) is 2. The molecule has 2 nitrogen and oxygen atoms in total. The summed E-state index contributed by atoms with van der Waals surface area (Å²) < 4.78 is 0. The molecule has 0 atom stereocenters. The number of hydrogen-bond acceptors (Lipinski definition) is 2. The molecule has 0 fully saturated rings. The molecule has 1 rings (SSSR count). The molecule has 1 aromatic rings. The van der Waals surface area contributed by atoms with Gasteiger partial charge in [-0.05, 0) is 25.0 Å². The Bertz CT molecular complexity index is 196. The normalized spacial score (nSPS) is 9.56. The predicted octanol–water partition coefficient (Wildman–Crippen LogP) is 1.35. The van der Waals surface area contributed by atoms with Crippen molar-refractivity contribution in [2.45, 2.75) is 20.3 Å². The minimum atomic E-state index is 0.995. The molecule has 0 saturated heterocycles. The van der Waals surface area contributed by atoms with Gasteiger partial charge in [0.1, 0.15) is 0 Å². The lowest BCUT2D eigenvalue weighted by atomic mass is 10.2. The van der Waals surface area contributed by atoms with Crippen LogP contribution in [0.1, 0.15) is 18.2 Å². The van der Waals surface area contributed by atoms with E-state index in [1.165, 1.54) is 5.56 Å². The van der Waals surface area contributed by atoms with Crippen molar-refractivity contribution in [1.82, 2.24) is 10.2 Å². The topological polar surface area (TPSA) is 25.8 Å². The molecule has 9 heavy (non-hydrogen) atoms. The maximum atomic E-state index is 3.84. The van der Waals surface area contributed by atoms with Gasteiger partial charge in [-0.25, -0.2) is 0 Å². The van der Waals surface area contributed by atoms with Crippen LogP contribution >= 0.6 is 0 Å². The van der Waals surface area contributed by atoms with Gasteiger partial charge in [0, 0.05) is 0 Å². The van der Waals surface area contributed by atoms with E-state index in [1.54, 1.807) is 6.20 Å². The first-order chi connectivity index (χ1) is 4.33. The van der Waals surface area contributed by atoms with Crippen molar-refractivity contribution < 1.29 is 0 Å². The molecule has 0 amide bonds. The minimum absolute atomic E-state index is 0.995. The molecule has 0 aliphatic rings. The summed E-state index contributed by atoms with van der Waals surface area (Å²) in [6.07, 6.45) is 2.84. The molecule has 0 unspecified atom stereocenters. The van der Waals surface area contributed by atoms with Crippen molar-refractivity contribution in [3.05, 3.63) is 23.5 Å². The van der Waals surface area contributed by atoms with Gasteiger partial charge in [0.2, 0.25) is 0 Å². The minimum Gasteiger partial charge on any atom is -0.159 e. The van der Waals surface area contributed by atoms with Gasteiger partial charge in [0.05, 0.1) is 11.9 Å². The number of aromatic nitrogens is 2. The summed E-state index contributed by atoms with van der Waals surface area (Å²) in [4.78, 5) is 0. The average molecular weight is 122 g/mol. The van der Waals surface area contributed by atoms with E-state index in [0.717, 1.165) is 12.1 Å². The van der Waals surface area contributed by atoms with Crippen LogP contribution in [0, 0.1) is 6.92 Å². The zero-order chi connectivity index (χ0) is 6.69. The van der Waals surface area contributed by atoms with Gasteiger partial charge in [-0.3, -0.25) is 0 Å². The van der Waals surface area contributed by atoms with Gasteiger partial charge < -0.3 is 0 Å². The van der Waals surface area contributed by atoms with E-state index in [9.17, 15) is 0 Å². The maximum Gasteiger partial charge on any atom is 0.0602 e. The first-order valence-corrected chi connectivity index (χ1v) is 3.11. The third kappa shape index (κ3) is 1.49. The Morgan fingerprint density at radius 2 is 2.33 bits per heavy atom. The molecule has 0 aliphatic heterocycles. The maximum absolute atomic E-state index is 3.84.